The van der Waals surface area contributed by atoms with E-state index in [0.29, 0.717) is 19.0 Å². The highest BCUT2D eigenvalue weighted by Crippen LogP contribution is 2.36. The molecule has 1 unspecified atom stereocenters. The summed E-state index contributed by atoms with van der Waals surface area (Å²) in [6.45, 7) is 2.44. The van der Waals surface area contributed by atoms with E-state index >= 15 is 0 Å². The van der Waals surface area contributed by atoms with E-state index in [9.17, 15) is 13.2 Å². The van der Waals surface area contributed by atoms with E-state index in [1.54, 1.807) is 11.8 Å². The van der Waals surface area contributed by atoms with Crippen molar-refractivity contribution in [1.82, 2.24) is 4.90 Å². The van der Waals surface area contributed by atoms with Gasteiger partial charge in [-0.25, -0.2) is 8.42 Å². The number of amides is 1. The summed E-state index contributed by atoms with van der Waals surface area (Å²) >= 11 is 0. The third-order valence-electron chi connectivity index (χ3n) is 5.40. The van der Waals surface area contributed by atoms with Gasteiger partial charge in [-0.15, -0.1) is 0 Å². The van der Waals surface area contributed by atoms with Gasteiger partial charge < -0.3 is 4.90 Å². The average Bonchev–Trinajstić information content (AvgIpc) is 2.58. The lowest BCUT2D eigenvalue weighted by Gasteiger charge is -2.36. The van der Waals surface area contributed by atoms with Crippen LogP contribution in [-0.2, 0) is 14.6 Å². The van der Waals surface area contributed by atoms with Crippen LogP contribution in [0.1, 0.15) is 44.1 Å². The number of hydrogen-bond donors (Lipinski definition) is 0. The van der Waals surface area contributed by atoms with Crippen molar-refractivity contribution in [2.24, 2.45) is 5.92 Å². The highest BCUT2D eigenvalue weighted by molar-refractivity contribution is 7.92. The van der Waals surface area contributed by atoms with Crippen molar-refractivity contribution < 1.29 is 13.2 Å². The molecule has 0 radical (unpaired) electrons. The molecule has 126 valence electrons. The predicted molar refractivity (Wildman–Crippen MR) is 91.0 cm³/mol. The Morgan fingerprint density at radius 3 is 2.35 bits per heavy atom. The van der Waals surface area contributed by atoms with Gasteiger partial charge in [-0.1, -0.05) is 30.3 Å². The molecule has 1 saturated carbocycles. The second-order valence-corrected chi connectivity index (χ2v) is 9.46. The van der Waals surface area contributed by atoms with Crippen molar-refractivity contribution in [3.8, 4) is 0 Å². The zero-order chi connectivity index (χ0) is 16.4. The molecule has 3 rings (SSSR count). The lowest BCUT2D eigenvalue weighted by Crippen LogP contribution is -2.50. The van der Waals surface area contributed by atoms with Gasteiger partial charge in [0.1, 0.15) is 0 Å². The summed E-state index contributed by atoms with van der Waals surface area (Å²) in [5.74, 6) is 0.904. The van der Waals surface area contributed by atoms with Crippen molar-refractivity contribution >= 4 is 15.7 Å². The summed E-state index contributed by atoms with van der Waals surface area (Å²) in [7, 11) is -3.00. The Balaban J connectivity index is 1.57. The first-order valence-electron chi connectivity index (χ1n) is 8.52. The smallest absolute Gasteiger partial charge is 0.225 e. The lowest BCUT2D eigenvalue weighted by molar-refractivity contribution is -0.136. The third-order valence-corrected chi connectivity index (χ3v) is 7.52. The van der Waals surface area contributed by atoms with Crippen molar-refractivity contribution in [1.29, 1.82) is 0 Å². The zero-order valence-electron chi connectivity index (χ0n) is 13.6. The second-order valence-electron chi connectivity index (χ2n) is 6.92. The van der Waals surface area contributed by atoms with Crippen LogP contribution in [0.25, 0.3) is 0 Å². The molecular formula is C18H25NO3S. The monoisotopic (exact) mass is 335 g/mol. The number of carbonyl (C=O) groups excluding carboxylic acids is 1. The molecule has 0 bridgehead atoms. The summed E-state index contributed by atoms with van der Waals surface area (Å²) in [5.41, 5.74) is 1.37. The number of carbonyl (C=O) groups is 1. The van der Waals surface area contributed by atoms with Crippen LogP contribution in [0.4, 0.5) is 0 Å². The fourth-order valence-corrected chi connectivity index (χ4v) is 5.10. The highest BCUT2D eigenvalue weighted by atomic mass is 32.2. The molecular weight excluding hydrogens is 310 g/mol. The maximum atomic E-state index is 12.7. The van der Waals surface area contributed by atoms with E-state index in [1.807, 2.05) is 6.07 Å². The molecule has 1 atom stereocenters. The third kappa shape index (κ3) is 3.60. The zero-order valence-corrected chi connectivity index (χ0v) is 14.5. The van der Waals surface area contributed by atoms with Gasteiger partial charge in [0.05, 0.1) is 11.0 Å². The van der Waals surface area contributed by atoms with Crippen LogP contribution in [0.5, 0.6) is 0 Å². The quantitative estimate of drug-likeness (QED) is 0.835. The number of nitrogens with zero attached hydrogens (tertiary/aromatic N) is 1. The molecule has 4 nitrogen and oxygen atoms in total. The summed E-state index contributed by atoms with van der Waals surface area (Å²) in [6.07, 6.45) is 3.91. The van der Waals surface area contributed by atoms with Gasteiger partial charge in [-0.3, -0.25) is 4.79 Å². The predicted octanol–water partition coefficient (Wildman–Crippen LogP) is 2.61. The van der Waals surface area contributed by atoms with Crippen LogP contribution in [0.2, 0.25) is 0 Å². The van der Waals surface area contributed by atoms with Gasteiger partial charge in [0.25, 0.3) is 0 Å². The number of sulfone groups is 1. The number of benzene rings is 1. The van der Waals surface area contributed by atoms with Gasteiger partial charge in [0.2, 0.25) is 5.91 Å². The SMILES string of the molecule is CC1CN(C(=O)C2CCC(c3ccccc3)CC2)CCS1(=O)=O. The molecule has 1 saturated heterocycles. The van der Waals surface area contributed by atoms with Gasteiger partial charge in [-0.05, 0) is 44.1 Å². The topological polar surface area (TPSA) is 54.5 Å². The van der Waals surface area contributed by atoms with Crippen LogP contribution >= 0.6 is 0 Å². The Bertz CT molecular complexity index is 648. The van der Waals surface area contributed by atoms with E-state index in [1.165, 1.54) is 5.56 Å². The van der Waals surface area contributed by atoms with E-state index in [0.717, 1.165) is 25.7 Å². The first kappa shape index (κ1) is 16.5. The molecule has 1 aromatic rings. The minimum atomic E-state index is -3.00. The Kier molecular flexibility index (Phi) is 4.76. The van der Waals surface area contributed by atoms with Crippen LogP contribution in [0.3, 0.4) is 0 Å². The van der Waals surface area contributed by atoms with Crippen molar-refractivity contribution in [2.45, 2.75) is 43.8 Å². The molecule has 1 aromatic carbocycles. The summed E-state index contributed by atoms with van der Waals surface area (Å²) in [5, 5.41) is -0.430. The van der Waals surface area contributed by atoms with E-state index in [2.05, 4.69) is 24.3 Å². The Labute approximate surface area is 138 Å². The van der Waals surface area contributed by atoms with E-state index in [4.69, 9.17) is 0 Å². The molecule has 1 aliphatic carbocycles. The second kappa shape index (κ2) is 6.63. The summed E-state index contributed by atoms with van der Waals surface area (Å²) in [4.78, 5) is 14.5. The standard InChI is InChI=1S/C18H25NO3S/c1-14-13-19(11-12-23(14,21)22)18(20)17-9-7-16(8-10-17)15-5-3-2-4-6-15/h2-6,14,16-17H,7-13H2,1H3. The average molecular weight is 335 g/mol. The van der Waals surface area contributed by atoms with Gasteiger partial charge in [0, 0.05) is 19.0 Å². The van der Waals surface area contributed by atoms with Crippen molar-refractivity contribution in [3.63, 3.8) is 0 Å². The Hall–Kier alpha value is -1.36. The van der Waals surface area contributed by atoms with Gasteiger partial charge >= 0.3 is 0 Å². The normalized spacial score (nSPS) is 30.8. The molecule has 0 spiro atoms. The first-order chi connectivity index (χ1) is 11.0. The molecule has 0 aromatic heterocycles. The maximum absolute atomic E-state index is 12.7. The molecule has 2 aliphatic rings. The summed E-state index contributed by atoms with van der Waals surface area (Å²) < 4.78 is 23.6. The van der Waals surface area contributed by atoms with Gasteiger partial charge in [-0.2, -0.15) is 0 Å². The molecule has 2 fully saturated rings. The van der Waals surface area contributed by atoms with Crippen molar-refractivity contribution in [3.05, 3.63) is 35.9 Å². The van der Waals surface area contributed by atoms with Gasteiger partial charge in [0.15, 0.2) is 9.84 Å². The molecule has 1 amide bonds. The van der Waals surface area contributed by atoms with Crippen LogP contribution < -0.4 is 0 Å². The highest BCUT2D eigenvalue weighted by Gasteiger charge is 2.35. The number of rotatable bonds is 2. The molecule has 0 N–H and O–H groups in total. The molecule has 1 aliphatic heterocycles. The fraction of sp³-hybridized carbons (Fsp3) is 0.611. The van der Waals surface area contributed by atoms with Crippen LogP contribution in [0.15, 0.2) is 30.3 Å². The van der Waals surface area contributed by atoms with Crippen LogP contribution in [-0.4, -0.2) is 43.3 Å². The maximum Gasteiger partial charge on any atom is 0.225 e. The lowest BCUT2D eigenvalue weighted by atomic mass is 9.78. The minimum absolute atomic E-state index is 0.0722. The Morgan fingerprint density at radius 2 is 1.74 bits per heavy atom. The minimum Gasteiger partial charge on any atom is -0.340 e. The number of hydrogen-bond acceptors (Lipinski definition) is 3. The largest absolute Gasteiger partial charge is 0.340 e. The molecule has 5 heteroatoms. The first-order valence-corrected chi connectivity index (χ1v) is 10.2. The Morgan fingerprint density at radius 1 is 1.09 bits per heavy atom. The summed E-state index contributed by atoms with van der Waals surface area (Å²) in [6, 6.07) is 10.5. The van der Waals surface area contributed by atoms with E-state index in [-0.39, 0.29) is 17.6 Å². The fourth-order valence-electron chi connectivity index (χ4n) is 3.81. The van der Waals surface area contributed by atoms with Crippen LogP contribution in [0, 0.1) is 5.92 Å². The molecule has 1 heterocycles. The van der Waals surface area contributed by atoms with Crippen molar-refractivity contribution in [2.75, 3.05) is 18.8 Å². The van der Waals surface area contributed by atoms with E-state index < -0.39 is 15.1 Å². The molecule has 23 heavy (non-hydrogen) atoms.